The number of nitrogens with zero attached hydrogens (tertiary/aromatic N) is 1. The fraction of sp³-hybridized carbons (Fsp3) is 0.375. The van der Waals surface area contributed by atoms with E-state index < -0.39 is 0 Å². The van der Waals surface area contributed by atoms with Gasteiger partial charge in [-0.1, -0.05) is 49.4 Å². The first-order chi connectivity index (χ1) is 13.7. The highest BCUT2D eigenvalue weighted by Crippen LogP contribution is 2.20. The number of piperidine rings is 1. The van der Waals surface area contributed by atoms with Crippen molar-refractivity contribution in [2.45, 2.75) is 39.3 Å². The molecule has 0 saturated carbocycles. The van der Waals surface area contributed by atoms with Crippen LogP contribution in [-0.2, 0) is 24.3 Å². The molecule has 28 heavy (non-hydrogen) atoms. The molecule has 2 heterocycles. The van der Waals surface area contributed by atoms with Gasteiger partial charge in [0.2, 0.25) is 5.91 Å². The smallest absolute Gasteiger partial charge is 0.224 e. The van der Waals surface area contributed by atoms with Crippen LogP contribution in [0.4, 0.5) is 0 Å². The molecule has 1 atom stereocenters. The quantitative estimate of drug-likeness (QED) is 0.676. The predicted octanol–water partition coefficient (Wildman–Crippen LogP) is 4.26. The van der Waals surface area contributed by atoms with Gasteiger partial charge in [-0.3, -0.25) is 9.69 Å². The Hall–Kier alpha value is -2.59. The highest BCUT2D eigenvalue weighted by molar-refractivity contribution is 5.88. The van der Waals surface area contributed by atoms with E-state index in [1.165, 1.54) is 37.1 Å². The normalized spacial score (nSPS) is 17.7. The Bertz CT molecular complexity index is 946. The number of fused-ring (bicyclic) bond motifs is 1. The summed E-state index contributed by atoms with van der Waals surface area (Å²) in [4.78, 5) is 18.3. The predicted molar refractivity (Wildman–Crippen MR) is 114 cm³/mol. The van der Waals surface area contributed by atoms with Crippen LogP contribution in [0.3, 0.4) is 0 Å². The summed E-state index contributed by atoms with van der Waals surface area (Å²) >= 11 is 0. The summed E-state index contributed by atoms with van der Waals surface area (Å²) in [6, 6.07) is 16.6. The first-order valence-corrected chi connectivity index (χ1v) is 10.3. The number of para-hydroxylation sites is 1. The molecule has 146 valence electrons. The number of hydrogen-bond acceptors (Lipinski definition) is 2. The Kier molecular flexibility index (Phi) is 5.77. The van der Waals surface area contributed by atoms with Crippen molar-refractivity contribution in [2.75, 3.05) is 13.1 Å². The van der Waals surface area contributed by atoms with Crippen LogP contribution in [0, 0.1) is 5.92 Å². The van der Waals surface area contributed by atoms with E-state index in [9.17, 15) is 4.79 Å². The van der Waals surface area contributed by atoms with Crippen LogP contribution in [0.2, 0.25) is 0 Å². The number of rotatable bonds is 6. The highest BCUT2D eigenvalue weighted by atomic mass is 16.1. The lowest BCUT2D eigenvalue weighted by Crippen LogP contribution is -2.34. The fourth-order valence-corrected chi connectivity index (χ4v) is 4.26. The molecule has 1 saturated heterocycles. The first kappa shape index (κ1) is 18.8. The molecule has 4 heteroatoms. The fourth-order valence-electron chi connectivity index (χ4n) is 4.26. The Balaban J connectivity index is 1.37. The molecule has 0 aliphatic carbocycles. The average molecular weight is 376 g/mol. The zero-order chi connectivity index (χ0) is 19.3. The van der Waals surface area contributed by atoms with Gasteiger partial charge in [0.1, 0.15) is 0 Å². The maximum Gasteiger partial charge on any atom is 0.224 e. The maximum atomic E-state index is 12.5. The molecular formula is C24H29N3O. The number of carbonyl (C=O) groups excluding carboxylic acids is 1. The number of likely N-dealkylation sites (tertiary alicyclic amines) is 1. The Morgan fingerprint density at radius 2 is 1.89 bits per heavy atom. The summed E-state index contributed by atoms with van der Waals surface area (Å²) in [6.07, 6.45) is 4.96. The van der Waals surface area contributed by atoms with E-state index in [2.05, 4.69) is 52.5 Å². The lowest BCUT2D eigenvalue weighted by Gasteiger charge is -2.31. The van der Waals surface area contributed by atoms with E-state index in [-0.39, 0.29) is 5.91 Å². The number of aromatic nitrogens is 1. The third-order valence-electron chi connectivity index (χ3n) is 5.76. The van der Waals surface area contributed by atoms with Gasteiger partial charge in [0, 0.05) is 36.7 Å². The van der Waals surface area contributed by atoms with Crippen molar-refractivity contribution >= 4 is 16.8 Å². The molecular weight excluding hydrogens is 346 g/mol. The van der Waals surface area contributed by atoms with E-state index in [1.54, 1.807) is 0 Å². The van der Waals surface area contributed by atoms with Crippen LogP contribution in [0.25, 0.3) is 10.9 Å². The van der Waals surface area contributed by atoms with E-state index in [4.69, 9.17) is 0 Å². The van der Waals surface area contributed by atoms with Gasteiger partial charge in [-0.15, -0.1) is 0 Å². The minimum atomic E-state index is 0.0613. The van der Waals surface area contributed by atoms with E-state index in [0.717, 1.165) is 28.9 Å². The number of H-pyrrole nitrogens is 1. The topological polar surface area (TPSA) is 48.1 Å². The second kappa shape index (κ2) is 8.61. The molecule has 1 unspecified atom stereocenters. The Labute approximate surface area is 166 Å². The summed E-state index contributed by atoms with van der Waals surface area (Å²) in [5.74, 6) is 0.836. The summed E-state index contributed by atoms with van der Waals surface area (Å²) in [5, 5.41) is 4.24. The molecule has 4 nitrogen and oxygen atoms in total. The molecule has 1 amide bonds. The molecule has 3 aromatic rings. The van der Waals surface area contributed by atoms with Crippen LogP contribution >= 0.6 is 0 Å². The average Bonchev–Trinajstić information content (AvgIpc) is 3.10. The molecule has 1 aromatic heterocycles. The minimum absolute atomic E-state index is 0.0613. The van der Waals surface area contributed by atoms with Crippen LogP contribution in [0.1, 0.15) is 36.5 Å². The Morgan fingerprint density at radius 3 is 2.75 bits per heavy atom. The zero-order valence-corrected chi connectivity index (χ0v) is 16.6. The second-order valence-electron chi connectivity index (χ2n) is 8.06. The largest absolute Gasteiger partial charge is 0.361 e. The Morgan fingerprint density at radius 1 is 1.11 bits per heavy atom. The number of benzene rings is 2. The lowest BCUT2D eigenvalue weighted by molar-refractivity contribution is -0.120. The van der Waals surface area contributed by atoms with Gasteiger partial charge in [0.25, 0.3) is 0 Å². The first-order valence-electron chi connectivity index (χ1n) is 10.3. The van der Waals surface area contributed by atoms with E-state index >= 15 is 0 Å². The van der Waals surface area contributed by atoms with Gasteiger partial charge in [0.15, 0.2) is 0 Å². The molecule has 1 aliphatic heterocycles. The van der Waals surface area contributed by atoms with Gasteiger partial charge >= 0.3 is 0 Å². The number of nitrogens with one attached hydrogen (secondary N) is 2. The molecule has 1 aliphatic rings. The van der Waals surface area contributed by atoms with Crippen LogP contribution in [0.15, 0.2) is 54.7 Å². The summed E-state index contributed by atoms with van der Waals surface area (Å²) < 4.78 is 0. The number of carbonyl (C=O) groups is 1. The number of hydrogen-bond donors (Lipinski definition) is 2. The standard InChI is InChI=1S/C24H29N3O/c1-18-7-6-12-27(16-18)17-20-9-3-2-8-19(20)14-26-24(28)13-21-15-25-23-11-5-4-10-22(21)23/h2-5,8-11,15,18,25H,6-7,12-14,16-17H2,1H3,(H,26,28). The van der Waals surface area contributed by atoms with Gasteiger partial charge in [0.05, 0.1) is 6.42 Å². The van der Waals surface area contributed by atoms with Crippen LogP contribution in [-0.4, -0.2) is 28.9 Å². The molecule has 2 aromatic carbocycles. The highest BCUT2D eigenvalue weighted by Gasteiger charge is 2.17. The van der Waals surface area contributed by atoms with Crippen molar-refractivity contribution in [3.05, 3.63) is 71.4 Å². The third-order valence-corrected chi connectivity index (χ3v) is 5.76. The van der Waals surface area contributed by atoms with Crippen molar-refractivity contribution in [1.29, 1.82) is 0 Å². The molecule has 2 N–H and O–H groups in total. The monoisotopic (exact) mass is 375 g/mol. The van der Waals surface area contributed by atoms with Crippen molar-refractivity contribution < 1.29 is 4.79 Å². The van der Waals surface area contributed by atoms with E-state index in [1.807, 2.05) is 24.4 Å². The number of aromatic amines is 1. The molecule has 0 bridgehead atoms. The molecule has 0 spiro atoms. The maximum absolute atomic E-state index is 12.5. The lowest BCUT2D eigenvalue weighted by atomic mass is 9.99. The van der Waals surface area contributed by atoms with Gasteiger partial charge in [-0.2, -0.15) is 0 Å². The summed E-state index contributed by atoms with van der Waals surface area (Å²) in [6.45, 7) is 6.23. The summed E-state index contributed by atoms with van der Waals surface area (Å²) in [7, 11) is 0. The molecule has 1 fully saturated rings. The van der Waals surface area contributed by atoms with Crippen LogP contribution in [0.5, 0.6) is 0 Å². The van der Waals surface area contributed by atoms with Crippen molar-refractivity contribution in [2.24, 2.45) is 5.92 Å². The van der Waals surface area contributed by atoms with Gasteiger partial charge < -0.3 is 10.3 Å². The number of amides is 1. The summed E-state index contributed by atoms with van der Waals surface area (Å²) in [5.41, 5.74) is 4.66. The van der Waals surface area contributed by atoms with Gasteiger partial charge in [-0.25, -0.2) is 0 Å². The SMILES string of the molecule is CC1CCCN(Cc2ccccc2CNC(=O)Cc2c[nH]c3ccccc23)C1. The van der Waals surface area contributed by atoms with Crippen molar-refractivity contribution in [3.8, 4) is 0 Å². The van der Waals surface area contributed by atoms with Crippen molar-refractivity contribution in [1.82, 2.24) is 15.2 Å². The van der Waals surface area contributed by atoms with Crippen molar-refractivity contribution in [3.63, 3.8) is 0 Å². The van der Waals surface area contributed by atoms with E-state index in [0.29, 0.717) is 13.0 Å². The van der Waals surface area contributed by atoms with Crippen LogP contribution < -0.4 is 5.32 Å². The minimum Gasteiger partial charge on any atom is -0.361 e. The zero-order valence-electron chi connectivity index (χ0n) is 16.6. The second-order valence-corrected chi connectivity index (χ2v) is 8.06. The molecule has 4 rings (SSSR count). The molecule has 0 radical (unpaired) electrons. The third kappa shape index (κ3) is 4.45. The van der Waals surface area contributed by atoms with Gasteiger partial charge in [-0.05, 0) is 48.1 Å².